The average molecular weight is 249 g/mol. The lowest BCUT2D eigenvalue weighted by molar-refractivity contribution is 0.387. The molecule has 0 saturated heterocycles. The van der Waals surface area contributed by atoms with E-state index in [4.69, 9.17) is 0 Å². The second kappa shape index (κ2) is 6.33. The fourth-order valence-electron chi connectivity index (χ4n) is 3.03. The first-order chi connectivity index (χ1) is 8.68. The summed E-state index contributed by atoms with van der Waals surface area (Å²) in [6.07, 6.45) is 5.10. The van der Waals surface area contributed by atoms with Crippen molar-refractivity contribution in [3.05, 3.63) is 35.6 Å². The first-order valence-electron chi connectivity index (χ1n) is 7.16. The van der Waals surface area contributed by atoms with Crippen LogP contribution >= 0.6 is 0 Å². The molecule has 0 bridgehead atoms. The second-order valence-electron chi connectivity index (χ2n) is 5.74. The van der Waals surface area contributed by atoms with Crippen molar-refractivity contribution in [3.63, 3.8) is 0 Å². The highest BCUT2D eigenvalue weighted by Gasteiger charge is 2.27. The van der Waals surface area contributed by atoms with Crippen LogP contribution in [0, 0.1) is 11.7 Å². The van der Waals surface area contributed by atoms with Crippen molar-refractivity contribution < 1.29 is 4.39 Å². The molecule has 1 atom stereocenters. The number of rotatable bonds is 5. The Hall–Kier alpha value is -0.890. The van der Waals surface area contributed by atoms with Crippen LogP contribution in [0.4, 0.5) is 4.39 Å². The SMILES string of the molecule is CC(C)NCC(c1ccccc1F)C1CCCC1. The number of benzene rings is 1. The molecule has 1 aromatic carbocycles. The molecule has 0 spiro atoms. The van der Waals surface area contributed by atoms with Crippen LogP contribution in [-0.4, -0.2) is 12.6 Å². The zero-order valence-electron chi connectivity index (χ0n) is 11.5. The third-order valence-electron chi connectivity index (χ3n) is 4.02. The highest BCUT2D eigenvalue weighted by Crippen LogP contribution is 2.37. The first kappa shape index (κ1) is 13.5. The normalized spacial score (nSPS) is 18.4. The molecule has 18 heavy (non-hydrogen) atoms. The topological polar surface area (TPSA) is 12.0 Å². The standard InChI is InChI=1S/C16H24FN/c1-12(2)18-11-15(13-7-3-4-8-13)14-9-5-6-10-16(14)17/h5-6,9-10,12-13,15,18H,3-4,7-8,11H2,1-2H3. The van der Waals surface area contributed by atoms with Gasteiger partial charge in [-0.1, -0.05) is 44.9 Å². The van der Waals surface area contributed by atoms with Gasteiger partial charge in [0.05, 0.1) is 0 Å². The van der Waals surface area contributed by atoms with Crippen LogP contribution in [0.3, 0.4) is 0 Å². The predicted octanol–water partition coefficient (Wildman–Crippen LogP) is 4.10. The third kappa shape index (κ3) is 3.32. The van der Waals surface area contributed by atoms with Crippen LogP contribution in [0.2, 0.25) is 0 Å². The smallest absolute Gasteiger partial charge is 0.126 e. The Morgan fingerprint density at radius 2 is 1.89 bits per heavy atom. The molecule has 1 aromatic rings. The van der Waals surface area contributed by atoms with E-state index in [0.29, 0.717) is 17.9 Å². The zero-order chi connectivity index (χ0) is 13.0. The van der Waals surface area contributed by atoms with E-state index in [1.54, 1.807) is 12.1 Å². The molecule has 1 fully saturated rings. The van der Waals surface area contributed by atoms with Gasteiger partial charge in [0.25, 0.3) is 0 Å². The van der Waals surface area contributed by atoms with E-state index < -0.39 is 0 Å². The first-order valence-corrected chi connectivity index (χ1v) is 7.16. The Morgan fingerprint density at radius 3 is 2.50 bits per heavy atom. The molecule has 1 unspecified atom stereocenters. The molecule has 2 heteroatoms. The van der Waals surface area contributed by atoms with E-state index >= 15 is 0 Å². The molecular weight excluding hydrogens is 225 g/mol. The Kier molecular flexibility index (Phi) is 4.76. The van der Waals surface area contributed by atoms with Crippen molar-refractivity contribution in [1.82, 2.24) is 5.32 Å². The monoisotopic (exact) mass is 249 g/mol. The lowest BCUT2D eigenvalue weighted by Crippen LogP contribution is -2.31. The summed E-state index contributed by atoms with van der Waals surface area (Å²) in [5, 5.41) is 3.48. The van der Waals surface area contributed by atoms with E-state index in [1.807, 2.05) is 12.1 Å². The van der Waals surface area contributed by atoms with Gasteiger partial charge in [0, 0.05) is 18.5 Å². The maximum atomic E-state index is 14.0. The minimum absolute atomic E-state index is 0.0417. The largest absolute Gasteiger partial charge is 0.314 e. The van der Waals surface area contributed by atoms with Gasteiger partial charge in [-0.05, 0) is 30.4 Å². The molecule has 0 amide bonds. The third-order valence-corrected chi connectivity index (χ3v) is 4.02. The van der Waals surface area contributed by atoms with Gasteiger partial charge in [-0.15, -0.1) is 0 Å². The molecule has 0 aromatic heterocycles. The molecule has 1 aliphatic rings. The van der Waals surface area contributed by atoms with E-state index in [-0.39, 0.29) is 5.82 Å². The molecule has 0 heterocycles. The number of hydrogen-bond donors (Lipinski definition) is 1. The van der Waals surface area contributed by atoms with Gasteiger partial charge in [-0.25, -0.2) is 4.39 Å². The van der Waals surface area contributed by atoms with Gasteiger partial charge in [-0.2, -0.15) is 0 Å². The summed E-state index contributed by atoms with van der Waals surface area (Å²) in [4.78, 5) is 0. The molecule has 1 aliphatic carbocycles. The summed E-state index contributed by atoms with van der Waals surface area (Å²) in [7, 11) is 0. The van der Waals surface area contributed by atoms with E-state index in [2.05, 4.69) is 19.2 Å². The fraction of sp³-hybridized carbons (Fsp3) is 0.625. The second-order valence-corrected chi connectivity index (χ2v) is 5.74. The summed E-state index contributed by atoms with van der Waals surface area (Å²) in [5.74, 6) is 0.934. The summed E-state index contributed by atoms with van der Waals surface area (Å²) in [5.41, 5.74) is 0.901. The molecular formula is C16H24FN. The van der Waals surface area contributed by atoms with Crippen LogP contribution in [0.5, 0.6) is 0 Å². The molecule has 1 saturated carbocycles. The van der Waals surface area contributed by atoms with Crippen LogP contribution in [-0.2, 0) is 0 Å². The lowest BCUT2D eigenvalue weighted by atomic mass is 9.84. The van der Waals surface area contributed by atoms with Crippen molar-refractivity contribution >= 4 is 0 Å². The number of halogens is 1. The summed E-state index contributed by atoms with van der Waals surface area (Å²) in [6, 6.07) is 7.74. The zero-order valence-corrected chi connectivity index (χ0v) is 11.5. The Balaban J connectivity index is 2.15. The van der Waals surface area contributed by atoms with Gasteiger partial charge < -0.3 is 5.32 Å². The van der Waals surface area contributed by atoms with Crippen molar-refractivity contribution in [1.29, 1.82) is 0 Å². The van der Waals surface area contributed by atoms with Gasteiger partial charge >= 0.3 is 0 Å². The van der Waals surface area contributed by atoms with Crippen LogP contribution in [0.25, 0.3) is 0 Å². The molecule has 1 N–H and O–H groups in total. The molecule has 0 aliphatic heterocycles. The van der Waals surface area contributed by atoms with E-state index in [0.717, 1.165) is 12.1 Å². The summed E-state index contributed by atoms with van der Waals surface area (Å²) in [6.45, 7) is 5.18. The van der Waals surface area contributed by atoms with Crippen molar-refractivity contribution in [2.75, 3.05) is 6.54 Å². The highest BCUT2D eigenvalue weighted by atomic mass is 19.1. The Labute approximate surface area is 110 Å². The van der Waals surface area contributed by atoms with E-state index in [1.165, 1.54) is 25.7 Å². The van der Waals surface area contributed by atoms with Crippen molar-refractivity contribution in [2.45, 2.75) is 51.5 Å². The van der Waals surface area contributed by atoms with Gasteiger partial charge in [0.2, 0.25) is 0 Å². The quantitative estimate of drug-likeness (QED) is 0.828. The van der Waals surface area contributed by atoms with E-state index in [9.17, 15) is 4.39 Å². The summed E-state index contributed by atoms with van der Waals surface area (Å²) >= 11 is 0. The van der Waals surface area contributed by atoms with Crippen molar-refractivity contribution in [3.8, 4) is 0 Å². The fourth-order valence-corrected chi connectivity index (χ4v) is 3.03. The maximum absolute atomic E-state index is 14.0. The molecule has 1 nitrogen and oxygen atoms in total. The van der Waals surface area contributed by atoms with Gasteiger partial charge in [-0.3, -0.25) is 0 Å². The molecule has 2 rings (SSSR count). The predicted molar refractivity (Wildman–Crippen MR) is 74.2 cm³/mol. The maximum Gasteiger partial charge on any atom is 0.126 e. The minimum atomic E-state index is -0.0417. The van der Waals surface area contributed by atoms with Crippen molar-refractivity contribution in [2.24, 2.45) is 5.92 Å². The van der Waals surface area contributed by atoms with Gasteiger partial charge in [0.15, 0.2) is 0 Å². The molecule has 100 valence electrons. The highest BCUT2D eigenvalue weighted by molar-refractivity contribution is 5.23. The Bertz CT molecular complexity index is 369. The number of hydrogen-bond acceptors (Lipinski definition) is 1. The van der Waals surface area contributed by atoms with Crippen LogP contribution in [0.1, 0.15) is 51.0 Å². The minimum Gasteiger partial charge on any atom is -0.314 e. The average Bonchev–Trinajstić information content (AvgIpc) is 2.85. The van der Waals surface area contributed by atoms with Crippen LogP contribution < -0.4 is 5.32 Å². The van der Waals surface area contributed by atoms with Gasteiger partial charge in [0.1, 0.15) is 5.82 Å². The number of nitrogens with one attached hydrogen (secondary N) is 1. The summed E-state index contributed by atoms with van der Waals surface area (Å²) < 4.78 is 14.0. The Morgan fingerprint density at radius 1 is 1.22 bits per heavy atom. The molecule has 0 radical (unpaired) electrons. The lowest BCUT2D eigenvalue weighted by Gasteiger charge is -2.26. The van der Waals surface area contributed by atoms with Crippen LogP contribution in [0.15, 0.2) is 24.3 Å².